The van der Waals surface area contributed by atoms with Gasteiger partial charge in [-0.3, -0.25) is 9.59 Å². The van der Waals surface area contributed by atoms with E-state index < -0.39 is 23.9 Å². The summed E-state index contributed by atoms with van der Waals surface area (Å²) >= 11 is 0. The molecule has 1 saturated heterocycles. The minimum Gasteiger partial charge on any atom is -0.465 e. The molecule has 0 aliphatic carbocycles. The van der Waals surface area contributed by atoms with Crippen LogP contribution in [0.25, 0.3) is 0 Å². The molecule has 0 aromatic carbocycles. The van der Waals surface area contributed by atoms with Gasteiger partial charge in [-0.25, -0.2) is 0 Å². The Morgan fingerprint density at radius 3 is 2.32 bits per heavy atom. The van der Waals surface area contributed by atoms with Gasteiger partial charge in [-0.05, 0) is 26.2 Å². The molecule has 178 valence electrons. The minimum absolute atomic E-state index is 0.00520. The van der Waals surface area contributed by atoms with E-state index in [1.165, 1.54) is 0 Å². The fourth-order valence-corrected chi connectivity index (χ4v) is 5.01. The number of hydrogen-bond donors (Lipinski definition) is 1. The van der Waals surface area contributed by atoms with Gasteiger partial charge in [0.05, 0.1) is 17.9 Å². The number of aliphatic hydroxyl groups is 1. The van der Waals surface area contributed by atoms with Crippen molar-refractivity contribution in [2.24, 2.45) is 35.5 Å². The lowest BCUT2D eigenvalue weighted by Gasteiger charge is -2.56. The quantitative estimate of drug-likeness (QED) is 0.590. The van der Waals surface area contributed by atoms with Crippen molar-refractivity contribution in [1.82, 2.24) is 0 Å². The van der Waals surface area contributed by atoms with Crippen LogP contribution >= 0.6 is 0 Å². The highest BCUT2D eigenvalue weighted by Crippen LogP contribution is 2.51. The average Bonchev–Trinajstić information content (AvgIpc) is 2.72. The second kappa shape index (κ2) is 10.0. The molecule has 0 aromatic heterocycles. The van der Waals surface area contributed by atoms with Crippen LogP contribution in [0.15, 0.2) is 11.3 Å². The largest absolute Gasteiger partial charge is 0.465 e. The van der Waals surface area contributed by atoms with Crippen molar-refractivity contribution < 1.29 is 28.9 Å². The first-order valence-corrected chi connectivity index (χ1v) is 11.8. The van der Waals surface area contributed by atoms with E-state index >= 15 is 0 Å². The summed E-state index contributed by atoms with van der Waals surface area (Å²) in [6.45, 7) is 17.5. The normalized spacial score (nSPS) is 35.8. The lowest BCUT2D eigenvalue weighted by atomic mass is 9.71. The summed E-state index contributed by atoms with van der Waals surface area (Å²) in [6.07, 6.45) is 0.269. The molecule has 6 nitrogen and oxygen atoms in total. The van der Waals surface area contributed by atoms with Gasteiger partial charge in [-0.1, -0.05) is 48.5 Å². The summed E-state index contributed by atoms with van der Waals surface area (Å²) in [6, 6.07) is 0. The summed E-state index contributed by atoms with van der Waals surface area (Å²) in [7, 11) is 0. The zero-order valence-electron chi connectivity index (χ0n) is 20.7. The van der Waals surface area contributed by atoms with Crippen molar-refractivity contribution >= 4 is 11.8 Å². The van der Waals surface area contributed by atoms with Gasteiger partial charge in [-0.15, -0.1) is 0 Å². The number of aliphatic hydroxyl groups excluding tert-OH is 1. The van der Waals surface area contributed by atoms with Gasteiger partial charge < -0.3 is 19.3 Å². The van der Waals surface area contributed by atoms with Crippen LogP contribution in [-0.4, -0.2) is 41.5 Å². The van der Waals surface area contributed by atoms with Gasteiger partial charge in [0, 0.05) is 36.4 Å². The van der Waals surface area contributed by atoms with E-state index in [0.29, 0.717) is 17.8 Å². The second-order valence-corrected chi connectivity index (χ2v) is 10.2. The molecule has 1 spiro atoms. The van der Waals surface area contributed by atoms with Crippen molar-refractivity contribution in [3.05, 3.63) is 11.3 Å². The summed E-state index contributed by atoms with van der Waals surface area (Å²) in [5.41, 5.74) is 0.641. The number of rotatable bonds is 7. The number of hydrogen-bond acceptors (Lipinski definition) is 6. The fourth-order valence-electron chi connectivity index (χ4n) is 5.01. The van der Waals surface area contributed by atoms with E-state index in [-0.39, 0.29) is 47.9 Å². The Balaban J connectivity index is 2.53. The van der Waals surface area contributed by atoms with Crippen LogP contribution in [0.3, 0.4) is 0 Å². The lowest BCUT2D eigenvalue weighted by Crippen LogP contribution is -2.65. The number of Topliss-reactive ketones (excluding diaryl/α,β-unsaturated/α-hetero) is 1. The monoisotopic (exact) mass is 438 g/mol. The highest BCUT2D eigenvalue weighted by molar-refractivity contribution is 5.98. The van der Waals surface area contributed by atoms with E-state index in [4.69, 9.17) is 14.2 Å². The van der Waals surface area contributed by atoms with E-state index in [0.717, 1.165) is 6.42 Å². The molecule has 31 heavy (non-hydrogen) atoms. The molecule has 2 aliphatic heterocycles. The third-order valence-corrected chi connectivity index (χ3v) is 7.24. The predicted molar refractivity (Wildman–Crippen MR) is 119 cm³/mol. The van der Waals surface area contributed by atoms with Crippen molar-refractivity contribution in [2.45, 2.75) is 93.2 Å². The first-order chi connectivity index (χ1) is 14.4. The Bertz CT molecular complexity index is 698. The molecular formula is C25H42O6. The Morgan fingerprint density at radius 2 is 1.81 bits per heavy atom. The lowest BCUT2D eigenvalue weighted by molar-refractivity contribution is -0.351. The Hall–Kier alpha value is -1.40. The van der Waals surface area contributed by atoms with Crippen molar-refractivity contribution in [2.75, 3.05) is 6.61 Å². The number of ether oxygens (including phenoxy) is 3. The van der Waals surface area contributed by atoms with Crippen molar-refractivity contribution in [3.8, 4) is 0 Å². The molecule has 0 radical (unpaired) electrons. The third-order valence-electron chi connectivity index (χ3n) is 7.24. The fraction of sp³-hybridized carbons (Fsp3) is 0.840. The van der Waals surface area contributed by atoms with Gasteiger partial charge in [0.2, 0.25) is 5.79 Å². The molecule has 0 saturated carbocycles. The van der Waals surface area contributed by atoms with Gasteiger partial charge >= 0.3 is 5.97 Å². The van der Waals surface area contributed by atoms with Crippen LogP contribution in [0, 0.1) is 35.5 Å². The van der Waals surface area contributed by atoms with Crippen LogP contribution in [0.5, 0.6) is 0 Å². The van der Waals surface area contributed by atoms with Crippen molar-refractivity contribution in [1.29, 1.82) is 0 Å². The third kappa shape index (κ3) is 4.85. The number of ketones is 1. The minimum atomic E-state index is -1.24. The van der Waals surface area contributed by atoms with Crippen LogP contribution in [0.2, 0.25) is 0 Å². The first-order valence-electron chi connectivity index (χ1n) is 11.8. The second-order valence-electron chi connectivity index (χ2n) is 10.2. The van der Waals surface area contributed by atoms with Gasteiger partial charge in [0.15, 0.2) is 5.78 Å². The van der Waals surface area contributed by atoms with Crippen LogP contribution in [0.4, 0.5) is 0 Å². The molecule has 8 atom stereocenters. The summed E-state index contributed by atoms with van der Waals surface area (Å²) in [4.78, 5) is 25.9. The molecule has 0 bridgehead atoms. The topological polar surface area (TPSA) is 82.1 Å². The maximum Gasteiger partial charge on any atom is 0.306 e. The zero-order chi connectivity index (χ0) is 23.7. The molecule has 0 amide bonds. The van der Waals surface area contributed by atoms with Gasteiger partial charge in [0.1, 0.15) is 11.9 Å². The number of carbonyl (C=O) groups excluding carboxylic acids is 2. The summed E-state index contributed by atoms with van der Waals surface area (Å²) in [5.74, 6) is -1.82. The molecule has 1 fully saturated rings. The maximum atomic E-state index is 13.3. The summed E-state index contributed by atoms with van der Waals surface area (Å²) < 4.78 is 19.2. The zero-order valence-corrected chi connectivity index (χ0v) is 20.7. The Labute approximate surface area is 187 Å². The number of carbonyl (C=O) groups is 2. The highest BCUT2D eigenvalue weighted by atomic mass is 16.7. The number of allylic oxidation sites excluding steroid dienone is 2. The molecule has 0 aromatic rings. The average molecular weight is 439 g/mol. The van der Waals surface area contributed by atoms with E-state index in [2.05, 4.69) is 6.92 Å². The Kier molecular flexibility index (Phi) is 8.37. The molecular weight excluding hydrogens is 396 g/mol. The predicted octanol–water partition coefficient (Wildman–Crippen LogP) is 4.50. The van der Waals surface area contributed by atoms with E-state index in [1.807, 2.05) is 55.4 Å². The SMILES string of the molecule is CC[C@H](C)C1=C(C)C(=O)[C@@H](C)[C@]2(O1)O[C@H]([C@H](C)CO)[C@H](C)[C@@H](OC(=O)CC(C)C)[C@H]2C. The molecule has 6 heteroatoms. The number of esters is 1. The molecule has 2 heterocycles. The molecule has 1 N–H and O–H groups in total. The maximum absolute atomic E-state index is 13.3. The Morgan fingerprint density at radius 1 is 1.19 bits per heavy atom. The van der Waals surface area contributed by atoms with E-state index in [1.54, 1.807) is 0 Å². The van der Waals surface area contributed by atoms with E-state index in [9.17, 15) is 14.7 Å². The van der Waals surface area contributed by atoms with Crippen LogP contribution in [0.1, 0.15) is 75.2 Å². The summed E-state index contributed by atoms with van der Waals surface area (Å²) in [5, 5.41) is 9.88. The smallest absolute Gasteiger partial charge is 0.306 e. The molecule has 2 rings (SSSR count). The van der Waals surface area contributed by atoms with Crippen LogP contribution in [-0.2, 0) is 23.8 Å². The van der Waals surface area contributed by atoms with Gasteiger partial charge in [0.25, 0.3) is 0 Å². The molecule has 0 unspecified atom stereocenters. The highest BCUT2D eigenvalue weighted by Gasteiger charge is 2.61. The van der Waals surface area contributed by atoms with Gasteiger partial charge in [-0.2, -0.15) is 0 Å². The van der Waals surface area contributed by atoms with Crippen molar-refractivity contribution in [3.63, 3.8) is 0 Å². The molecule has 2 aliphatic rings. The first kappa shape index (κ1) is 25.9. The van der Waals surface area contributed by atoms with Crippen LogP contribution < -0.4 is 0 Å². The standard InChI is InChI=1S/C25H42O6/c1-10-14(4)22-16(6)21(28)18(8)25(30-22)19(9)24(29-20(27)11-13(2)3)17(7)23(31-25)15(5)12-26/h13-15,17-19,23-24,26H,10-12H2,1-9H3/t14-,15+,17-,18+,19+,23+,24+,25-/m0/s1.